The molecule has 2 rings (SSSR count). The fraction of sp³-hybridized carbons (Fsp3) is 0.625. The van der Waals surface area contributed by atoms with Gasteiger partial charge in [0.05, 0.1) is 0 Å². The van der Waals surface area contributed by atoms with Crippen molar-refractivity contribution < 1.29 is 9.47 Å². The maximum Gasteiger partial charge on any atom is 0.161 e. The zero-order valence-electron chi connectivity index (χ0n) is 12.5. The Hall–Kier alpha value is -1.22. The molecule has 0 aliphatic carbocycles. The van der Waals surface area contributed by atoms with Crippen LogP contribution in [0.5, 0.6) is 11.5 Å². The molecule has 106 valence electrons. The largest absolute Gasteiger partial charge is 0.486 e. The number of hydrogen-bond acceptors (Lipinski definition) is 3. The molecule has 0 saturated heterocycles. The van der Waals surface area contributed by atoms with Crippen LogP contribution < -0.4 is 14.8 Å². The molecule has 0 saturated carbocycles. The third kappa shape index (κ3) is 3.41. The summed E-state index contributed by atoms with van der Waals surface area (Å²) in [4.78, 5) is 0. The Labute approximate surface area is 116 Å². The first kappa shape index (κ1) is 14.2. The van der Waals surface area contributed by atoms with Crippen molar-refractivity contribution in [2.45, 2.75) is 27.2 Å². The summed E-state index contributed by atoms with van der Waals surface area (Å²) >= 11 is 0. The van der Waals surface area contributed by atoms with E-state index in [1.54, 1.807) is 0 Å². The third-order valence-electron chi connectivity index (χ3n) is 3.89. The second-order valence-corrected chi connectivity index (χ2v) is 5.69. The first-order valence-corrected chi connectivity index (χ1v) is 7.15. The molecule has 0 spiro atoms. The molecule has 0 bridgehead atoms. The van der Waals surface area contributed by atoms with Crippen LogP contribution in [0.3, 0.4) is 0 Å². The average molecular weight is 263 g/mol. The third-order valence-corrected chi connectivity index (χ3v) is 3.89. The van der Waals surface area contributed by atoms with Crippen molar-refractivity contribution in [3.05, 3.63) is 23.3 Å². The minimum Gasteiger partial charge on any atom is -0.486 e. The number of aryl methyl sites for hydroxylation is 1. The second-order valence-electron chi connectivity index (χ2n) is 5.69. The SMILES string of the molecule is CNCC(Cc1cc2c(cc1C)OCCO2)C(C)C. The summed E-state index contributed by atoms with van der Waals surface area (Å²) in [6.07, 6.45) is 1.08. The average Bonchev–Trinajstić information content (AvgIpc) is 2.38. The molecule has 1 aromatic carbocycles. The van der Waals surface area contributed by atoms with E-state index in [0.29, 0.717) is 25.0 Å². The van der Waals surface area contributed by atoms with Gasteiger partial charge >= 0.3 is 0 Å². The van der Waals surface area contributed by atoms with Crippen LogP contribution >= 0.6 is 0 Å². The lowest BCUT2D eigenvalue weighted by Gasteiger charge is -2.24. The summed E-state index contributed by atoms with van der Waals surface area (Å²) in [6, 6.07) is 4.27. The van der Waals surface area contributed by atoms with Crippen molar-refractivity contribution in [2.24, 2.45) is 11.8 Å². The number of rotatable bonds is 5. The molecule has 1 atom stereocenters. The molecule has 1 N–H and O–H groups in total. The van der Waals surface area contributed by atoms with E-state index in [1.165, 1.54) is 11.1 Å². The molecule has 0 amide bonds. The highest BCUT2D eigenvalue weighted by molar-refractivity contribution is 5.47. The molecule has 0 aromatic heterocycles. The number of ether oxygens (including phenoxy) is 2. The lowest BCUT2D eigenvalue weighted by Crippen LogP contribution is -2.25. The van der Waals surface area contributed by atoms with Crippen LogP contribution in [-0.4, -0.2) is 26.8 Å². The maximum atomic E-state index is 5.68. The fourth-order valence-electron chi connectivity index (χ4n) is 2.54. The topological polar surface area (TPSA) is 30.5 Å². The molecule has 1 aromatic rings. The molecule has 0 radical (unpaired) electrons. The monoisotopic (exact) mass is 263 g/mol. The van der Waals surface area contributed by atoms with Crippen molar-refractivity contribution in [1.29, 1.82) is 0 Å². The van der Waals surface area contributed by atoms with E-state index in [0.717, 1.165) is 24.5 Å². The van der Waals surface area contributed by atoms with Gasteiger partial charge in [-0.3, -0.25) is 0 Å². The Morgan fingerprint density at radius 2 is 1.79 bits per heavy atom. The summed E-state index contributed by atoms with van der Waals surface area (Å²) in [6.45, 7) is 9.08. The molecule has 3 nitrogen and oxygen atoms in total. The summed E-state index contributed by atoms with van der Waals surface area (Å²) in [7, 11) is 2.02. The minimum absolute atomic E-state index is 0.645. The van der Waals surface area contributed by atoms with Crippen LogP contribution in [-0.2, 0) is 6.42 Å². The quantitative estimate of drug-likeness (QED) is 0.886. The molecule has 1 heterocycles. The van der Waals surface area contributed by atoms with Gasteiger partial charge < -0.3 is 14.8 Å². The highest BCUT2D eigenvalue weighted by atomic mass is 16.6. The van der Waals surface area contributed by atoms with Gasteiger partial charge in [0, 0.05) is 0 Å². The fourth-order valence-corrected chi connectivity index (χ4v) is 2.54. The zero-order chi connectivity index (χ0) is 13.8. The van der Waals surface area contributed by atoms with E-state index >= 15 is 0 Å². The molecule has 1 aliphatic rings. The normalized spacial score (nSPS) is 15.6. The lowest BCUT2D eigenvalue weighted by molar-refractivity contribution is 0.171. The van der Waals surface area contributed by atoms with Crippen molar-refractivity contribution in [3.8, 4) is 11.5 Å². The van der Waals surface area contributed by atoms with Gasteiger partial charge in [-0.1, -0.05) is 13.8 Å². The van der Waals surface area contributed by atoms with Gasteiger partial charge in [-0.05, 0) is 62.0 Å². The number of nitrogens with one attached hydrogen (secondary N) is 1. The molecule has 0 fully saturated rings. The van der Waals surface area contributed by atoms with Crippen LogP contribution in [0, 0.1) is 18.8 Å². The van der Waals surface area contributed by atoms with E-state index in [9.17, 15) is 0 Å². The molecule has 3 heteroatoms. The van der Waals surface area contributed by atoms with Crippen molar-refractivity contribution >= 4 is 0 Å². The highest BCUT2D eigenvalue weighted by Crippen LogP contribution is 2.34. The predicted molar refractivity (Wildman–Crippen MR) is 78.1 cm³/mol. The molecule has 1 aliphatic heterocycles. The van der Waals surface area contributed by atoms with Gasteiger partial charge in [-0.15, -0.1) is 0 Å². The van der Waals surface area contributed by atoms with E-state index in [1.807, 2.05) is 7.05 Å². The van der Waals surface area contributed by atoms with Crippen LogP contribution in [0.4, 0.5) is 0 Å². The predicted octanol–water partition coefficient (Wildman–Crippen LogP) is 2.80. The second kappa shape index (κ2) is 6.29. The van der Waals surface area contributed by atoms with Crippen molar-refractivity contribution in [3.63, 3.8) is 0 Å². The molecule has 1 unspecified atom stereocenters. The summed E-state index contributed by atoms with van der Waals surface area (Å²) in [5.41, 5.74) is 2.67. The first-order chi connectivity index (χ1) is 9.11. The Morgan fingerprint density at radius 1 is 1.16 bits per heavy atom. The Balaban J connectivity index is 2.19. The Kier molecular flexibility index (Phi) is 4.70. The first-order valence-electron chi connectivity index (χ1n) is 7.15. The molecular formula is C16H25NO2. The Morgan fingerprint density at radius 3 is 2.37 bits per heavy atom. The summed E-state index contributed by atoms with van der Waals surface area (Å²) in [5.74, 6) is 3.10. The van der Waals surface area contributed by atoms with Crippen molar-refractivity contribution in [2.75, 3.05) is 26.8 Å². The number of benzene rings is 1. The number of hydrogen-bond donors (Lipinski definition) is 1. The number of fused-ring (bicyclic) bond motifs is 1. The summed E-state index contributed by atoms with van der Waals surface area (Å²) < 4.78 is 11.3. The Bertz CT molecular complexity index is 429. The van der Waals surface area contributed by atoms with Gasteiger partial charge in [0.1, 0.15) is 13.2 Å². The van der Waals surface area contributed by atoms with Crippen LogP contribution in [0.1, 0.15) is 25.0 Å². The van der Waals surface area contributed by atoms with Gasteiger partial charge in [0.2, 0.25) is 0 Å². The molecular weight excluding hydrogens is 238 g/mol. The van der Waals surface area contributed by atoms with E-state index < -0.39 is 0 Å². The summed E-state index contributed by atoms with van der Waals surface area (Å²) in [5, 5.41) is 3.30. The van der Waals surface area contributed by atoms with E-state index in [2.05, 4.69) is 38.2 Å². The van der Waals surface area contributed by atoms with Crippen molar-refractivity contribution in [1.82, 2.24) is 5.32 Å². The smallest absolute Gasteiger partial charge is 0.161 e. The van der Waals surface area contributed by atoms with Gasteiger partial charge in [-0.2, -0.15) is 0 Å². The lowest BCUT2D eigenvalue weighted by atomic mass is 9.87. The maximum absolute atomic E-state index is 5.68. The molecule has 19 heavy (non-hydrogen) atoms. The van der Waals surface area contributed by atoms with E-state index in [-0.39, 0.29) is 0 Å². The minimum atomic E-state index is 0.645. The highest BCUT2D eigenvalue weighted by Gasteiger charge is 2.18. The van der Waals surface area contributed by atoms with Crippen LogP contribution in [0.25, 0.3) is 0 Å². The zero-order valence-corrected chi connectivity index (χ0v) is 12.5. The van der Waals surface area contributed by atoms with Gasteiger partial charge in [0.25, 0.3) is 0 Å². The van der Waals surface area contributed by atoms with Crippen LogP contribution in [0.2, 0.25) is 0 Å². The van der Waals surface area contributed by atoms with E-state index in [4.69, 9.17) is 9.47 Å². The standard InChI is InChI=1S/C16H25NO2/c1-11(2)14(10-17-4)8-13-9-16-15(7-12(13)3)18-5-6-19-16/h7,9,11,14,17H,5-6,8,10H2,1-4H3. The van der Waals surface area contributed by atoms with Gasteiger partial charge in [-0.25, -0.2) is 0 Å². The van der Waals surface area contributed by atoms with Crippen LogP contribution in [0.15, 0.2) is 12.1 Å². The van der Waals surface area contributed by atoms with Gasteiger partial charge in [0.15, 0.2) is 11.5 Å².